The molecule has 3 rings (SSSR count). The van der Waals surface area contributed by atoms with Gasteiger partial charge in [0.05, 0.1) is 12.2 Å². The number of hydrogen-bond acceptors (Lipinski definition) is 3. The molecule has 0 aliphatic rings. The summed E-state index contributed by atoms with van der Waals surface area (Å²) in [5.41, 5.74) is 3.72. The summed E-state index contributed by atoms with van der Waals surface area (Å²) in [6.07, 6.45) is 5.12. The summed E-state index contributed by atoms with van der Waals surface area (Å²) >= 11 is 2.17. The molecule has 0 unspecified atom stereocenters. The first-order chi connectivity index (χ1) is 16.9. The molecule has 0 bridgehead atoms. The Morgan fingerprint density at radius 3 is 2.31 bits per heavy atom. The average molecular weight is 585 g/mol. The molecule has 184 valence electrons. The lowest BCUT2D eigenvalue weighted by Gasteiger charge is -2.11. The van der Waals surface area contributed by atoms with Gasteiger partial charge >= 0.3 is 5.97 Å². The van der Waals surface area contributed by atoms with Crippen LogP contribution in [-0.4, -0.2) is 30.1 Å². The SMILES string of the molecule is C[C@H](I)c1ccc(C(=O)NCCc2ccc(OCCCCCc3ccccc3)cc2)cc1C(=O)O. The highest BCUT2D eigenvalue weighted by atomic mass is 127. The summed E-state index contributed by atoms with van der Waals surface area (Å²) in [6, 6.07) is 23.3. The summed E-state index contributed by atoms with van der Waals surface area (Å²) in [6.45, 7) is 3.09. The number of aryl methyl sites for hydroxylation is 1. The van der Waals surface area contributed by atoms with E-state index in [1.807, 2.05) is 37.3 Å². The molecule has 35 heavy (non-hydrogen) atoms. The third-order valence-corrected chi connectivity index (χ3v) is 6.49. The van der Waals surface area contributed by atoms with E-state index in [2.05, 4.69) is 52.2 Å². The molecule has 0 saturated carbocycles. The van der Waals surface area contributed by atoms with Gasteiger partial charge in [-0.1, -0.05) is 71.1 Å². The van der Waals surface area contributed by atoms with Crippen LogP contribution in [0.4, 0.5) is 0 Å². The Morgan fingerprint density at radius 2 is 1.63 bits per heavy atom. The standard InChI is InChI=1S/C29H32INO4/c1-21(30)26-16-13-24(20-27(26)29(33)34)28(32)31-18-17-23-11-14-25(15-12-23)35-19-7-3-6-10-22-8-4-2-5-9-22/h2,4-5,8-9,11-16,20-21H,3,6-7,10,17-19H2,1H3,(H,31,32)(H,33,34)/t21-/m0/s1. The lowest BCUT2D eigenvalue weighted by Crippen LogP contribution is -2.26. The topological polar surface area (TPSA) is 75.6 Å². The number of benzene rings is 3. The van der Waals surface area contributed by atoms with Crippen LogP contribution in [0.5, 0.6) is 5.75 Å². The van der Waals surface area contributed by atoms with Crippen LogP contribution in [0, 0.1) is 0 Å². The van der Waals surface area contributed by atoms with Gasteiger partial charge in [0.15, 0.2) is 0 Å². The fourth-order valence-corrected chi connectivity index (χ4v) is 4.39. The van der Waals surface area contributed by atoms with Crippen molar-refractivity contribution in [2.75, 3.05) is 13.2 Å². The van der Waals surface area contributed by atoms with Gasteiger partial charge in [-0.25, -0.2) is 4.79 Å². The van der Waals surface area contributed by atoms with Crippen molar-refractivity contribution in [3.63, 3.8) is 0 Å². The van der Waals surface area contributed by atoms with Gasteiger partial charge in [-0.2, -0.15) is 0 Å². The van der Waals surface area contributed by atoms with Crippen LogP contribution in [0.15, 0.2) is 72.8 Å². The maximum absolute atomic E-state index is 12.5. The summed E-state index contributed by atoms with van der Waals surface area (Å²) in [7, 11) is 0. The molecule has 0 aliphatic carbocycles. The van der Waals surface area contributed by atoms with E-state index < -0.39 is 5.97 Å². The third kappa shape index (κ3) is 8.69. The number of aromatic carboxylic acids is 1. The van der Waals surface area contributed by atoms with Crippen molar-refractivity contribution >= 4 is 34.5 Å². The second-order valence-electron chi connectivity index (χ2n) is 8.52. The van der Waals surface area contributed by atoms with E-state index in [0.29, 0.717) is 30.7 Å². The first-order valence-corrected chi connectivity index (χ1v) is 13.2. The van der Waals surface area contributed by atoms with Crippen LogP contribution >= 0.6 is 22.6 Å². The van der Waals surface area contributed by atoms with Crippen LogP contribution in [0.2, 0.25) is 0 Å². The minimum atomic E-state index is -1.02. The first kappa shape index (κ1) is 26.7. The number of unbranched alkanes of at least 4 members (excludes halogenated alkanes) is 2. The quantitative estimate of drug-likeness (QED) is 0.134. The fourth-order valence-electron chi connectivity index (χ4n) is 3.85. The Balaban J connectivity index is 1.36. The molecule has 0 aromatic heterocycles. The molecule has 0 radical (unpaired) electrons. The highest BCUT2D eigenvalue weighted by Gasteiger charge is 2.16. The number of hydrogen-bond donors (Lipinski definition) is 2. The van der Waals surface area contributed by atoms with E-state index in [4.69, 9.17) is 4.74 Å². The first-order valence-electron chi connectivity index (χ1n) is 12.0. The number of amides is 1. The van der Waals surface area contributed by atoms with Crippen molar-refractivity contribution in [2.24, 2.45) is 0 Å². The number of halogens is 1. The van der Waals surface area contributed by atoms with Crippen molar-refractivity contribution in [3.8, 4) is 5.75 Å². The molecule has 3 aromatic carbocycles. The predicted molar refractivity (Wildman–Crippen MR) is 148 cm³/mol. The van der Waals surface area contributed by atoms with E-state index in [-0.39, 0.29) is 15.4 Å². The van der Waals surface area contributed by atoms with E-state index in [1.54, 1.807) is 12.1 Å². The average Bonchev–Trinajstić information content (AvgIpc) is 2.87. The molecular weight excluding hydrogens is 553 g/mol. The molecule has 0 heterocycles. The van der Waals surface area contributed by atoms with Crippen molar-refractivity contribution in [2.45, 2.75) is 43.0 Å². The molecule has 6 heteroatoms. The summed E-state index contributed by atoms with van der Waals surface area (Å²) < 4.78 is 5.90. The Labute approximate surface area is 221 Å². The number of carbonyl (C=O) groups is 2. The number of carboxylic acids is 1. The molecule has 1 amide bonds. The molecule has 0 saturated heterocycles. The number of rotatable bonds is 13. The summed E-state index contributed by atoms with van der Waals surface area (Å²) in [5.74, 6) is -0.438. The van der Waals surface area contributed by atoms with Crippen LogP contribution in [0.3, 0.4) is 0 Å². The largest absolute Gasteiger partial charge is 0.494 e. The summed E-state index contributed by atoms with van der Waals surface area (Å²) in [5, 5.41) is 12.3. The zero-order chi connectivity index (χ0) is 25.0. The smallest absolute Gasteiger partial charge is 0.336 e. The van der Waals surface area contributed by atoms with Gasteiger partial charge in [0.2, 0.25) is 0 Å². The normalized spacial score (nSPS) is 11.6. The minimum Gasteiger partial charge on any atom is -0.494 e. The van der Waals surface area contributed by atoms with E-state index in [1.165, 1.54) is 11.6 Å². The Bertz CT molecular complexity index is 1100. The van der Waals surface area contributed by atoms with Gasteiger partial charge in [-0.15, -0.1) is 0 Å². The molecule has 0 spiro atoms. The Morgan fingerprint density at radius 1 is 0.914 bits per heavy atom. The fraction of sp³-hybridized carbons (Fsp3) is 0.310. The maximum atomic E-state index is 12.5. The molecule has 3 aromatic rings. The second kappa shape index (κ2) is 13.9. The lowest BCUT2D eigenvalue weighted by atomic mass is 10.0. The number of nitrogens with one attached hydrogen (secondary N) is 1. The molecule has 1 atom stereocenters. The van der Waals surface area contributed by atoms with Crippen LogP contribution in [0.1, 0.15) is 67.5 Å². The van der Waals surface area contributed by atoms with Crippen LogP contribution in [0.25, 0.3) is 0 Å². The van der Waals surface area contributed by atoms with Crippen molar-refractivity contribution in [3.05, 3.63) is 101 Å². The highest BCUT2D eigenvalue weighted by Crippen LogP contribution is 2.26. The third-order valence-electron chi connectivity index (χ3n) is 5.82. The zero-order valence-electron chi connectivity index (χ0n) is 20.0. The van der Waals surface area contributed by atoms with E-state index in [0.717, 1.165) is 37.0 Å². The maximum Gasteiger partial charge on any atom is 0.336 e. The van der Waals surface area contributed by atoms with Gasteiger partial charge in [0.1, 0.15) is 5.75 Å². The second-order valence-corrected chi connectivity index (χ2v) is 10.4. The number of ether oxygens (including phenoxy) is 1. The predicted octanol–water partition coefficient (Wildman–Crippen LogP) is 6.65. The minimum absolute atomic E-state index is 0.0439. The molecule has 5 nitrogen and oxygen atoms in total. The number of carboxylic acid groups (broad SMARTS) is 1. The molecular formula is C29H32INO4. The van der Waals surface area contributed by atoms with Gasteiger partial charge in [0, 0.05) is 16.0 Å². The molecule has 0 fully saturated rings. The van der Waals surface area contributed by atoms with Gasteiger partial charge < -0.3 is 15.2 Å². The van der Waals surface area contributed by atoms with E-state index in [9.17, 15) is 14.7 Å². The van der Waals surface area contributed by atoms with Crippen molar-refractivity contribution in [1.82, 2.24) is 5.32 Å². The van der Waals surface area contributed by atoms with Gasteiger partial charge in [-0.05, 0) is 80.0 Å². The zero-order valence-corrected chi connectivity index (χ0v) is 22.2. The van der Waals surface area contributed by atoms with E-state index >= 15 is 0 Å². The van der Waals surface area contributed by atoms with Crippen molar-refractivity contribution < 1.29 is 19.4 Å². The Kier molecular flexibility index (Phi) is 10.6. The summed E-state index contributed by atoms with van der Waals surface area (Å²) in [4.78, 5) is 24.0. The molecule has 2 N–H and O–H groups in total. The molecule has 0 aliphatic heterocycles. The van der Waals surface area contributed by atoms with Crippen LogP contribution < -0.4 is 10.1 Å². The Hall–Kier alpha value is -2.87. The number of alkyl halides is 1. The van der Waals surface area contributed by atoms with Crippen LogP contribution in [-0.2, 0) is 12.8 Å². The monoisotopic (exact) mass is 585 g/mol. The number of carbonyl (C=O) groups excluding carboxylic acids is 1. The van der Waals surface area contributed by atoms with Crippen molar-refractivity contribution in [1.29, 1.82) is 0 Å². The van der Waals surface area contributed by atoms with Gasteiger partial charge in [0.25, 0.3) is 5.91 Å². The van der Waals surface area contributed by atoms with Gasteiger partial charge in [-0.3, -0.25) is 4.79 Å². The lowest BCUT2D eigenvalue weighted by molar-refractivity contribution is 0.0695. The highest BCUT2D eigenvalue weighted by molar-refractivity contribution is 14.1.